The van der Waals surface area contributed by atoms with Gasteiger partial charge in [-0.2, -0.15) is 0 Å². The van der Waals surface area contributed by atoms with Crippen LogP contribution < -0.4 is 5.32 Å². The van der Waals surface area contributed by atoms with Crippen LogP contribution in [0.15, 0.2) is 0 Å². The summed E-state index contributed by atoms with van der Waals surface area (Å²) in [5.74, 6) is 0.454. The lowest BCUT2D eigenvalue weighted by atomic mass is 9.93. The van der Waals surface area contributed by atoms with Gasteiger partial charge in [-0.25, -0.2) is 0 Å². The molecule has 2 heterocycles. The molecular formula is C11H19N2O2. The Morgan fingerprint density at radius 2 is 2.47 bits per heavy atom. The third kappa shape index (κ3) is 2.77. The maximum absolute atomic E-state index is 11.2. The number of rotatable bonds is 2. The van der Waals surface area contributed by atoms with E-state index < -0.39 is 0 Å². The molecular weight excluding hydrogens is 192 g/mol. The van der Waals surface area contributed by atoms with Gasteiger partial charge in [-0.15, -0.1) is 0 Å². The summed E-state index contributed by atoms with van der Waals surface area (Å²) in [7, 11) is 0. The number of morpholine rings is 1. The summed E-state index contributed by atoms with van der Waals surface area (Å²) in [6, 6.07) is 0. The molecule has 0 spiro atoms. The first-order valence-corrected chi connectivity index (χ1v) is 5.67. The summed E-state index contributed by atoms with van der Waals surface area (Å²) in [5, 5.41) is 3.32. The van der Waals surface area contributed by atoms with Crippen LogP contribution in [-0.2, 0) is 9.53 Å². The van der Waals surface area contributed by atoms with Crippen molar-refractivity contribution in [3.63, 3.8) is 0 Å². The number of nitrogens with one attached hydrogen (secondary N) is 1. The third-order valence-corrected chi connectivity index (χ3v) is 3.19. The second-order valence-corrected chi connectivity index (χ2v) is 4.27. The molecule has 2 fully saturated rings. The first-order valence-electron chi connectivity index (χ1n) is 5.67. The lowest BCUT2D eigenvalue weighted by Gasteiger charge is -2.38. The van der Waals surface area contributed by atoms with Gasteiger partial charge >= 0.3 is 0 Å². The zero-order chi connectivity index (χ0) is 10.7. The Kier molecular flexibility index (Phi) is 3.72. The largest absolute Gasteiger partial charge is 0.360 e. The van der Waals surface area contributed by atoms with E-state index in [0.717, 1.165) is 39.2 Å². The summed E-state index contributed by atoms with van der Waals surface area (Å²) >= 11 is 0. The minimum absolute atomic E-state index is 0.165. The number of hydrogen-bond donors (Lipinski definition) is 1. The van der Waals surface area contributed by atoms with Gasteiger partial charge in [0.05, 0.1) is 6.61 Å². The van der Waals surface area contributed by atoms with Gasteiger partial charge in [-0.3, -0.25) is 9.69 Å². The maximum atomic E-state index is 11.2. The minimum Gasteiger partial charge on any atom is -0.360 e. The van der Waals surface area contributed by atoms with Gasteiger partial charge < -0.3 is 10.1 Å². The van der Waals surface area contributed by atoms with Crippen LogP contribution >= 0.6 is 0 Å². The molecule has 1 radical (unpaired) electrons. The highest BCUT2D eigenvalue weighted by Gasteiger charge is 2.28. The summed E-state index contributed by atoms with van der Waals surface area (Å²) in [6.07, 6.45) is 3.25. The lowest BCUT2D eigenvalue weighted by Crippen LogP contribution is -2.52. The van der Waals surface area contributed by atoms with Crippen molar-refractivity contribution in [2.75, 3.05) is 32.8 Å². The van der Waals surface area contributed by atoms with Crippen LogP contribution in [0.5, 0.6) is 0 Å². The molecule has 0 aliphatic carbocycles. The number of ketones is 1. The number of carbonyl (C=O) groups excluding carboxylic acids is 1. The Labute approximate surface area is 91.0 Å². The van der Waals surface area contributed by atoms with Crippen LogP contribution in [0.2, 0.25) is 0 Å². The van der Waals surface area contributed by atoms with Gasteiger partial charge in [0.25, 0.3) is 0 Å². The normalized spacial score (nSPS) is 30.3. The van der Waals surface area contributed by atoms with E-state index in [1.807, 2.05) is 0 Å². The quantitative estimate of drug-likeness (QED) is 0.700. The van der Waals surface area contributed by atoms with Crippen LogP contribution in [0.3, 0.4) is 0 Å². The Morgan fingerprint density at radius 3 is 3.00 bits per heavy atom. The number of nitrogens with zero attached hydrogens (tertiary/aromatic N) is 1. The van der Waals surface area contributed by atoms with Crippen molar-refractivity contribution in [3.8, 4) is 0 Å². The molecule has 2 rings (SSSR count). The van der Waals surface area contributed by atoms with E-state index in [-0.39, 0.29) is 17.9 Å². The van der Waals surface area contributed by atoms with Crippen LogP contribution in [0.25, 0.3) is 0 Å². The average molecular weight is 211 g/mol. The Balaban J connectivity index is 1.79. The molecule has 0 aromatic heterocycles. The topological polar surface area (TPSA) is 41.6 Å². The highest BCUT2D eigenvalue weighted by atomic mass is 16.5. The smallest absolute Gasteiger partial charge is 0.133 e. The van der Waals surface area contributed by atoms with Gasteiger partial charge in [0.15, 0.2) is 0 Å². The molecule has 2 aliphatic rings. The summed E-state index contributed by atoms with van der Waals surface area (Å²) in [5.41, 5.74) is 0. The summed E-state index contributed by atoms with van der Waals surface area (Å²) in [4.78, 5) is 13.5. The molecule has 4 heteroatoms. The predicted octanol–water partition coefficient (Wildman–Crippen LogP) is 0.0475. The SMILES string of the molecule is CC(=O)C1[CH]CN(C2CNCCO2)CC1. The van der Waals surface area contributed by atoms with Crippen molar-refractivity contribution in [2.24, 2.45) is 5.92 Å². The molecule has 15 heavy (non-hydrogen) atoms. The predicted molar refractivity (Wildman–Crippen MR) is 57.3 cm³/mol. The van der Waals surface area contributed by atoms with Crippen molar-refractivity contribution in [3.05, 3.63) is 6.42 Å². The number of likely N-dealkylation sites (tertiary alicyclic amines) is 1. The fourth-order valence-electron chi connectivity index (χ4n) is 2.19. The maximum Gasteiger partial charge on any atom is 0.133 e. The van der Waals surface area contributed by atoms with Crippen molar-refractivity contribution in [1.29, 1.82) is 0 Å². The first kappa shape index (κ1) is 11.0. The number of hydrogen-bond acceptors (Lipinski definition) is 4. The van der Waals surface area contributed by atoms with Crippen LogP contribution in [0.1, 0.15) is 13.3 Å². The van der Waals surface area contributed by atoms with Gasteiger partial charge in [-0.05, 0) is 19.8 Å². The standard InChI is InChI=1S/C11H19N2O2/c1-9(14)10-2-5-13(6-3-10)11-8-12-4-7-15-11/h2,10-12H,3-8H2,1H3. The molecule has 0 aromatic carbocycles. The number of Topliss-reactive ketones (excluding diaryl/α,β-unsaturated/α-hetero) is 1. The third-order valence-electron chi connectivity index (χ3n) is 3.19. The Bertz CT molecular complexity index is 219. The number of ether oxygens (including phenoxy) is 1. The molecule has 0 aromatic rings. The molecule has 4 nitrogen and oxygen atoms in total. The van der Waals surface area contributed by atoms with E-state index in [0.29, 0.717) is 0 Å². The Morgan fingerprint density at radius 1 is 1.60 bits per heavy atom. The fraction of sp³-hybridized carbons (Fsp3) is 0.818. The van der Waals surface area contributed by atoms with Crippen LogP contribution in [-0.4, -0.2) is 49.7 Å². The molecule has 2 saturated heterocycles. The van der Waals surface area contributed by atoms with Crippen LogP contribution in [0, 0.1) is 12.3 Å². The second kappa shape index (κ2) is 5.05. The van der Waals surface area contributed by atoms with E-state index in [2.05, 4.69) is 16.6 Å². The zero-order valence-corrected chi connectivity index (χ0v) is 9.24. The molecule has 2 aliphatic heterocycles. The lowest BCUT2D eigenvalue weighted by molar-refractivity contribution is -0.122. The zero-order valence-electron chi connectivity index (χ0n) is 9.24. The highest BCUT2D eigenvalue weighted by molar-refractivity contribution is 5.79. The summed E-state index contributed by atoms with van der Waals surface area (Å²) in [6.45, 7) is 6.15. The van der Waals surface area contributed by atoms with Crippen molar-refractivity contribution >= 4 is 5.78 Å². The van der Waals surface area contributed by atoms with Crippen molar-refractivity contribution in [2.45, 2.75) is 19.6 Å². The van der Waals surface area contributed by atoms with E-state index in [9.17, 15) is 4.79 Å². The van der Waals surface area contributed by atoms with Gasteiger partial charge in [0.2, 0.25) is 0 Å². The summed E-state index contributed by atoms with van der Waals surface area (Å²) < 4.78 is 5.67. The molecule has 0 amide bonds. The fourth-order valence-corrected chi connectivity index (χ4v) is 2.19. The van der Waals surface area contributed by atoms with Crippen LogP contribution in [0.4, 0.5) is 0 Å². The van der Waals surface area contributed by atoms with E-state index >= 15 is 0 Å². The molecule has 85 valence electrons. The van der Waals surface area contributed by atoms with Gasteiger partial charge in [0, 0.05) is 32.1 Å². The Hall–Kier alpha value is -0.450. The van der Waals surface area contributed by atoms with E-state index in [1.54, 1.807) is 6.92 Å². The van der Waals surface area contributed by atoms with Crippen molar-refractivity contribution in [1.82, 2.24) is 10.2 Å². The highest BCUT2D eigenvalue weighted by Crippen LogP contribution is 2.19. The van der Waals surface area contributed by atoms with Gasteiger partial charge in [0.1, 0.15) is 12.0 Å². The van der Waals surface area contributed by atoms with E-state index in [1.165, 1.54) is 0 Å². The van der Waals surface area contributed by atoms with E-state index in [4.69, 9.17) is 4.74 Å². The number of carbonyl (C=O) groups is 1. The monoisotopic (exact) mass is 211 g/mol. The molecule has 2 atom stereocenters. The second-order valence-electron chi connectivity index (χ2n) is 4.27. The minimum atomic E-state index is 0.165. The first-order chi connectivity index (χ1) is 7.27. The molecule has 1 N–H and O–H groups in total. The molecule has 0 bridgehead atoms. The average Bonchev–Trinajstić information content (AvgIpc) is 2.30. The van der Waals surface area contributed by atoms with Crippen molar-refractivity contribution < 1.29 is 9.53 Å². The molecule has 2 unspecified atom stereocenters. The van der Waals surface area contributed by atoms with Gasteiger partial charge in [-0.1, -0.05) is 0 Å². The molecule has 0 saturated carbocycles. The number of piperidine rings is 1.